The molecule has 2 aromatic carbocycles. The third-order valence-electron chi connectivity index (χ3n) is 13.9. The number of hydrogen-bond donors (Lipinski definition) is 1. The zero-order valence-corrected chi connectivity index (χ0v) is 26.1. The Labute approximate surface area is 264 Å². The van der Waals surface area contributed by atoms with E-state index in [1.54, 1.807) is 18.4 Å². The number of hydrogen-bond acceptors (Lipinski definition) is 5. The Balaban J connectivity index is 1.12. The van der Waals surface area contributed by atoms with E-state index in [4.69, 9.17) is 9.15 Å². The number of carbonyl (C=O) groups excluding carboxylic acids is 2. The number of allylic oxidation sites excluding steroid dienone is 4. The molecule has 3 aromatic rings. The summed E-state index contributed by atoms with van der Waals surface area (Å²) in [5.41, 5.74) is 0.161. The summed E-state index contributed by atoms with van der Waals surface area (Å²) in [4.78, 5) is 30.1. The van der Waals surface area contributed by atoms with Crippen LogP contribution in [0.5, 0.6) is 0 Å². The van der Waals surface area contributed by atoms with Crippen LogP contribution in [-0.2, 0) is 11.3 Å². The van der Waals surface area contributed by atoms with Crippen LogP contribution in [0.4, 0.5) is 4.79 Å². The van der Waals surface area contributed by atoms with Crippen molar-refractivity contribution in [2.75, 3.05) is 6.54 Å². The first kappa shape index (κ1) is 27.7. The summed E-state index contributed by atoms with van der Waals surface area (Å²) < 4.78 is 12.3. The smallest absolute Gasteiger partial charge is 0.410 e. The van der Waals surface area contributed by atoms with E-state index in [-0.39, 0.29) is 46.1 Å². The van der Waals surface area contributed by atoms with E-state index < -0.39 is 11.0 Å². The number of rotatable bonds is 4. The lowest BCUT2D eigenvalue weighted by Crippen LogP contribution is -2.67. The average Bonchev–Trinajstić information content (AvgIpc) is 3.75. The van der Waals surface area contributed by atoms with E-state index in [1.165, 1.54) is 10.8 Å². The van der Waals surface area contributed by atoms with Gasteiger partial charge in [0.1, 0.15) is 5.60 Å². The largest absolute Gasteiger partial charge is 0.461 e. The Morgan fingerprint density at radius 1 is 0.933 bits per heavy atom. The van der Waals surface area contributed by atoms with E-state index in [0.717, 1.165) is 49.7 Å². The van der Waals surface area contributed by atoms with Crippen LogP contribution >= 0.6 is 0 Å². The number of amides is 1. The number of nitrogens with zero attached hydrogens (tertiary/aromatic N) is 1. The van der Waals surface area contributed by atoms with Gasteiger partial charge in [-0.25, -0.2) is 4.79 Å². The molecule has 3 saturated carbocycles. The van der Waals surface area contributed by atoms with Gasteiger partial charge in [0.15, 0.2) is 5.76 Å². The first-order chi connectivity index (χ1) is 21.6. The van der Waals surface area contributed by atoms with Crippen LogP contribution in [0, 0.1) is 33.5 Å². The maximum atomic E-state index is 14.4. The van der Waals surface area contributed by atoms with Gasteiger partial charge in [-0.05, 0) is 90.7 Å². The number of fused-ring (bicyclic) bond motifs is 3. The first-order valence-electron chi connectivity index (χ1n) is 16.8. The third-order valence-corrected chi connectivity index (χ3v) is 13.9. The Hall–Kier alpha value is -3.64. The molecule has 6 nitrogen and oxygen atoms in total. The zero-order chi connectivity index (χ0) is 30.8. The van der Waals surface area contributed by atoms with Crippen LogP contribution in [0.3, 0.4) is 0 Å². The molecule has 1 saturated heterocycles. The number of aliphatic hydroxyl groups excluding tert-OH is 1. The topological polar surface area (TPSA) is 80.0 Å². The highest BCUT2D eigenvalue weighted by Gasteiger charge is 2.76. The fourth-order valence-corrected chi connectivity index (χ4v) is 11.7. The van der Waals surface area contributed by atoms with Gasteiger partial charge in [-0.15, -0.1) is 0 Å². The van der Waals surface area contributed by atoms with Gasteiger partial charge in [0.25, 0.3) is 0 Å². The van der Waals surface area contributed by atoms with E-state index in [9.17, 15) is 14.7 Å². The number of aliphatic hydroxyl groups is 1. The molecule has 4 fully saturated rings. The zero-order valence-electron chi connectivity index (χ0n) is 26.1. The van der Waals surface area contributed by atoms with Gasteiger partial charge < -0.3 is 14.3 Å². The summed E-state index contributed by atoms with van der Waals surface area (Å²) >= 11 is 0. The summed E-state index contributed by atoms with van der Waals surface area (Å²) in [6.07, 6.45) is 13.9. The minimum Gasteiger partial charge on any atom is -0.461 e. The number of furan rings is 1. The first-order valence-corrected chi connectivity index (χ1v) is 16.8. The molecule has 232 valence electrons. The van der Waals surface area contributed by atoms with Gasteiger partial charge in [-0.3, -0.25) is 9.69 Å². The molecule has 1 N–H and O–H groups in total. The van der Waals surface area contributed by atoms with Crippen molar-refractivity contribution in [3.63, 3.8) is 0 Å². The molecule has 1 aromatic heterocycles. The minimum absolute atomic E-state index is 0.0398. The van der Waals surface area contributed by atoms with Crippen LogP contribution in [-0.4, -0.2) is 40.1 Å². The Kier molecular flexibility index (Phi) is 5.53. The van der Waals surface area contributed by atoms with Crippen molar-refractivity contribution in [3.05, 3.63) is 96.0 Å². The second-order valence-corrected chi connectivity index (χ2v) is 15.4. The highest BCUT2D eigenvalue weighted by Crippen LogP contribution is 2.79. The highest BCUT2D eigenvalue weighted by molar-refractivity contribution is 6.08. The average molecular weight is 604 g/mol. The molecule has 10 rings (SSSR count). The summed E-state index contributed by atoms with van der Waals surface area (Å²) in [6, 6.07) is 18.2. The molecule has 6 heteroatoms. The van der Waals surface area contributed by atoms with E-state index in [1.807, 2.05) is 11.0 Å². The molecular formula is C39H41NO5. The number of ketones is 1. The molecule has 1 amide bonds. The van der Waals surface area contributed by atoms with Crippen molar-refractivity contribution in [2.24, 2.45) is 33.5 Å². The van der Waals surface area contributed by atoms with Crippen LogP contribution in [0.15, 0.2) is 89.1 Å². The van der Waals surface area contributed by atoms with Crippen molar-refractivity contribution in [1.82, 2.24) is 4.90 Å². The van der Waals surface area contributed by atoms with E-state index in [0.29, 0.717) is 25.3 Å². The van der Waals surface area contributed by atoms with Gasteiger partial charge in [0, 0.05) is 28.4 Å². The third kappa shape index (κ3) is 3.34. The lowest BCUT2D eigenvalue weighted by Gasteiger charge is -2.71. The second kappa shape index (κ2) is 9.00. The Bertz CT molecular complexity index is 1800. The lowest BCUT2D eigenvalue weighted by atomic mass is 9.32. The van der Waals surface area contributed by atoms with Gasteiger partial charge in [-0.2, -0.15) is 0 Å². The monoisotopic (exact) mass is 603 g/mol. The van der Waals surface area contributed by atoms with Crippen LogP contribution in [0.1, 0.15) is 74.9 Å². The molecule has 8 unspecified atom stereocenters. The predicted molar refractivity (Wildman–Crippen MR) is 170 cm³/mol. The van der Waals surface area contributed by atoms with Crippen LogP contribution in [0.25, 0.3) is 10.8 Å². The quantitative estimate of drug-likeness (QED) is 0.243. The van der Waals surface area contributed by atoms with Crippen molar-refractivity contribution in [3.8, 4) is 0 Å². The van der Waals surface area contributed by atoms with Gasteiger partial charge >= 0.3 is 6.09 Å². The number of benzene rings is 2. The molecule has 0 radical (unpaired) electrons. The fourth-order valence-electron chi connectivity index (χ4n) is 11.7. The van der Waals surface area contributed by atoms with Gasteiger partial charge in [-0.1, -0.05) is 74.5 Å². The maximum absolute atomic E-state index is 14.4. The summed E-state index contributed by atoms with van der Waals surface area (Å²) in [5.74, 6) is 0.733. The summed E-state index contributed by atoms with van der Waals surface area (Å²) in [5, 5.41) is 13.2. The molecular weight excluding hydrogens is 562 g/mol. The molecule has 2 bridgehead atoms. The Morgan fingerprint density at radius 2 is 1.71 bits per heavy atom. The molecule has 7 aliphatic rings. The fraction of sp³-hybridized carbons (Fsp3) is 0.487. The Morgan fingerprint density at radius 3 is 2.56 bits per heavy atom. The number of Topliss-reactive ketones (excluding diaryl/α,β-unsaturated/α-hetero) is 1. The lowest BCUT2D eigenvalue weighted by molar-refractivity contribution is -0.164. The van der Waals surface area contributed by atoms with Crippen molar-refractivity contribution in [1.29, 1.82) is 0 Å². The molecule has 3 spiro atoms. The number of carbonyl (C=O) groups is 2. The summed E-state index contributed by atoms with van der Waals surface area (Å²) in [7, 11) is 0. The molecule has 2 heterocycles. The van der Waals surface area contributed by atoms with Gasteiger partial charge in [0.2, 0.25) is 5.78 Å². The van der Waals surface area contributed by atoms with E-state index >= 15 is 0 Å². The van der Waals surface area contributed by atoms with Crippen LogP contribution < -0.4 is 0 Å². The van der Waals surface area contributed by atoms with Crippen molar-refractivity contribution >= 4 is 22.6 Å². The maximum Gasteiger partial charge on any atom is 0.410 e. The summed E-state index contributed by atoms with van der Waals surface area (Å²) in [6.45, 7) is 5.84. The predicted octanol–water partition coefficient (Wildman–Crippen LogP) is 7.87. The molecule has 6 aliphatic carbocycles. The molecule has 1 aliphatic heterocycles. The highest BCUT2D eigenvalue weighted by atomic mass is 16.6. The second-order valence-electron chi connectivity index (χ2n) is 15.4. The van der Waals surface area contributed by atoms with Crippen LogP contribution in [0.2, 0.25) is 0 Å². The normalized spacial score (nSPS) is 41.1. The minimum atomic E-state index is -0.610. The SMILES string of the molecule is CC12CCC(O)CC13C=CC1(C(C(=O)c4ccco4)=C3)C2CCC2(C)C1CCC21CN(Cc2cccc3ccccc23)C(=O)O1. The van der Waals surface area contributed by atoms with Gasteiger partial charge in [0.05, 0.1) is 18.9 Å². The number of ether oxygens (including phenoxy) is 1. The van der Waals surface area contributed by atoms with Crippen molar-refractivity contribution < 1.29 is 23.8 Å². The van der Waals surface area contributed by atoms with Crippen molar-refractivity contribution in [2.45, 2.75) is 77.0 Å². The van der Waals surface area contributed by atoms with E-state index in [2.05, 4.69) is 68.5 Å². The standard InChI is InChI=1S/C39H41NO5/c1-35-15-12-27(41)21-37(35)18-19-39(29(22-37)33(42)30-11-6-20-44-30)31(35)13-16-36(2)32(39)14-17-38(36)24-40(34(43)45-38)23-26-9-5-8-25-7-3-4-10-28(25)26/h3-11,18-20,22,27,31-32,41H,12-17,21,23-24H2,1-2H3. The molecule has 45 heavy (non-hydrogen) atoms. The molecule has 8 atom stereocenters.